The highest BCUT2D eigenvalue weighted by Gasteiger charge is 2.04. The first kappa shape index (κ1) is 9.57. The van der Waals surface area contributed by atoms with Crippen LogP contribution in [0.2, 0.25) is 0 Å². The van der Waals surface area contributed by atoms with Gasteiger partial charge in [-0.3, -0.25) is 4.57 Å². The third-order valence-electron chi connectivity index (χ3n) is 2.24. The van der Waals surface area contributed by atoms with E-state index in [0.29, 0.717) is 18.4 Å². The highest BCUT2D eigenvalue weighted by Crippen LogP contribution is 2.08. The van der Waals surface area contributed by atoms with Crippen molar-refractivity contribution < 1.29 is 0 Å². The third kappa shape index (κ3) is 1.93. The molecule has 6 nitrogen and oxygen atoms in total. The number of nitrogens with zero attached hydrogens (tertiary/aromatic N) is 3. The molecule has 0 saturated heterocycles. The zero-order valence-electron chi connectivity index (χ0n) is 8.78. The number of hydrogen-bond donors (Lipinski definition) is 3. The Labute approximate surface area is 87.5 Å². The number of nitrogens with two attached hydrogens (primary N) is 1. The zero-order chi connectivity index (χ0) is 10.8. The average Bonchev–Trinajstić information content (AvgIpc) is 2.74. The van der Waals surface area contributed by atoms with Crippen molar-refractivity contribution in [3.63, 3.8) is 0 Å². The van der Waals surface area contributed by atoms with Gasteiger partial charge < -0.3 is 16.0 Å². The molecule has 4 N–H and O–H groups in total. The number of H-pyrrole nitrogens is 1. The summed E-state index contributed by atoms with van der Waals surface area (Å²) in [6.07, 6.45) is 0. The Morgan fingerprint density at radius 2 is 2.27 bits per heavy atom. The molecule has 2 rings (SSSR count). The van der Waals surface area contributed by atoms with Gasteiger partial charge in [0, 0.05) is 18.4 Å². The van der Waals surface area contributed by atoms with Crippen LogP contribution in [0.1, 0.15) is 11.4 Å². The molecule has 0 radical (unpaired) electrons. The van der Waals surface area contributed by atoms with Crippen molar-refractivity contribution in [3.05, 3.63) is 23.5 Å². The number of aryl methyl sites for hydroxylation is 1. The lowest BCUT2D eigenvalue weighted by molar-refractivity contribution is 0.902. The Morgan fingerprint density at radius 3 is 2.80 bits per heavy atom. The van der Waals surface area contributed by atoms with E-state index in [1.165, 1.54) is 0 Å². The van der Waals surface area contributed by atoms with E-state index in [4.69, 9.17) is 5.73 Å². The molecule has 2 heterocycles. The number of aromatic nitrogens is 4. The summed E-state index contributed by atoms with van der Waals surface area (Å²) >= 11 is 0. The van der Waals surface area contributed by atoms with Crippen molar-refractivity contribution in [2.24, 2.45) is 7.05 Å². The Bertz CT molecular complexity index is 455. The monoisotopic (exact) mass is 206 g/mol. The Hall–Kier alpha value is -1.98. The second kappa shape index (κ2) is 3.64. The first-order valence-corrected chi connectivity index (χ1v) is 4.70. The summed E-state index contributed by atoms with van der Waals surface area (Å²) in [6.45, 7) is 2.70. The van der Waals surface area contributed by atoms with E-state index in [9.17, 15) is 0 Å². The van der Waals surface area contributed by atoms with Crippen LogP contribution in [0, 0.1) is 6.92 Å². The minimum atomic E-state index is 0.403. The third-order valence-corrected chi connectivity index (χ3v) is 2.24. The molecular formula is C9H14N6. The van der Waals surface area contributed by atoms with Gasteiger partial charge in [0.2, 0.25) is 11.9 Å². The fourth-order valence-electron chi connectivity index (χ4n) is 1.33. The zero-order valence-corrected chi connectivity index (χ0v) is 8.78. The lowest BCUT2D eigenvalue weighted by Gasteiger charge is -2.03. The van der Waals surface area contributed by atoms with Crippen molar-refractivity contribution in [2.45, 2.75) is 13.5 Å². The first-order valence-electron chi connectivity index (χ1n) is 4.70. The highest BCUT2D eigenvalue weighted by molar-refractivity contribution is 5.33. The molecule has 2 aromatic heterocycles. The maximum absolute atomic E-state index is 5.56. The average molecular weight is 206 g/mol. The predicted molar refractivity (Wildman–Crippen MR) is 58.3 cm³/mol. The van der Waals surface area contributed by atoms with Gasteiger partial charge in [-0.25, -0.2) is 0 Å². The SMILES string of the molecule is Cc1ccc(CNc2nnc(N)n2C)[nH]1. The van der Waals surface area contributed by atoms with Gasteiger partial charge >= 0.3 is 0 Å². The molecule has 0 atom stereocenters. The smallest absolute Gasteiger partial charge is 0.226 e. The second-order valence-electron chi connectivity index (χ2n) is 3.46. The number of nitrogens with one attached hydrogen (secondary N) is 2. The van der Waals surface area contributed by atoms with Crippen LogP contribution in [-0.4, -0.2) is 19.7 Å². The molecule has 2 aromatic rings. The van der Waals surface area contributed by atoms with Gasteiger partial charge in [-0.1, -0.05) is 0 Å². The van der Waals surface area contributed by atoms with Crippen molar-refractivity contribution in [3.8, 4) is 0 Å². The molecule has 0 saturated carbocycles. The maximum Gasteiger partial charge on any atom is 0.226 e. The van der Waals surface area contributed by atoms with Gasteiger partial charge in [0.05, 0.1) is 6.54 Å². The van der Waals surface area contributed by atoms with Crippen LogP contribution in [0.25, 0.3) is 0 Å². The number of anilines is 2. The highest BCUT2D eigenvalue weighted by atomic mass is 15.4. The molecule has 0 unspecified atom stereocenters. The molecular weight excluding hydrogens is 192 g/mol. The minimum absolute atomic E-state index is 0.403. The van der Waals surface area contributed by atoms with Crippen molar-refractivity contribution in [1.82, 2.24) is 19.7 Å². The molecule has 80 valence electrons. The molecule has 0 spiro atoms. The van der Waals surface area contributed by atoms with Gasteiger partial charge in [0.1, 0.15) is 0 Å². The fraction of sp³-hybridized carbons (Fsp3) is 0.333. The van der Waals surface area contributed by atoms with Gasteiger partial charge in [-0.05, 0) is 19.1 Å². The quantitative estimate of drug-likeness (QED) is 0.688. The summed E-state index contributed by atoms with van der Waals surface area (Å²) in [5.74, 6) is 1.07. The van der Waals surface area contributed by atoms with Crippen molar-refractivity contribution in [1.29, 1.82) is 0 Å². The summed E-state index contributed by atoms with van der Waals surface area (Å²) in [7, 11) is 1.82. The van der Waals surface area contributed by atoms with Crippen LogP contribution in [0.5, 0.6) is 0 Å². The molecule has 15 heavy (non-hydrogen) atoms. The van der Waals surface area contributed by atoms with E-state index in [0.717, 1.165) is 11.4 Å². The van der Waals surface area contributed by atoms with Crippen LogP contribution in [0.15, 0.2) is 12.1 Å². The van der Waals surface area contributed by atoms with E-state index < -0.39 is 0 Å². The predicted octanol–water partition coefficient (Wildman–Crippen LogP) is 0.646. The Kier molecular flexibility index (Phi) is 2.32. The van der Waals surface area contributed by atoms with Gasteiger partial charge in [-0.15, -0.1) is 10.2 Å². The standard InChI is InChI=1S/C9H14N6/c1-6-3-4-7(12-6)5-11-9-14-13-8(10)15(9)2/h3-4,12H,5H2,1-2H3,(H2,10,13)(H,11,14). The van der Waals surface area contributed by atoms with E-state index in [-0.39, 0.29) is 0 Å². The molecule has 0 aromatic carbocycles. The van der Waals surface area contributed by atoms with Gasteiger partial charge in [0.15, 0.2) is 0 Å². The number of aromatic amines is 1. The summed E-state index contributed by atoms with van der Waals surface area (Å²) in [5.41, 5.74) is 7.80. The van der Waals surface area contributed by atoms with Crippen LogP contribution in [0.3, 0.4) is 0 Å². The number of hydrogen-bond acceptors (Lipinski definition) is 4. The fourth-order valence-corrected chi connectivity index (χ4v) is 1.33. The Balaban J connectivity index is 2.02. The van der Waals surface area contributed by atoms with Crippen LogP contribution >= 0.6 is 0 Å². The van der Waals surface area contributed by atoms with Crippen molar-refractivity contribution >= 4 is 11.9 Å². The number of rotatable bonds is 3. The molecule has 0 bridgehead atoms. The summed E-state index contributed by atoms with van der Waals surface area (Å²) < 4.78 is 1.70. The normalized spacial score (nSPS) is 10.5. The Morgan fingerprint density at radius 1 is 1.47 bits per heavy atom. The maximum atomic E-state index is 5.56. The molecule has 0 aliphatic heterocycles. The van der Waals surface area contributed by atoms with Crippen LogP contribution in [-0.2, 0) is 13.6 Å². The van der Waals surface area contributed by atoms with Gasteiger partial charge in [-0.2, -0.15) is 0 Å². The molecule has 0 fully saturated rings. The summed E-state index contributed by atoms with van der Waals surface area (Å²) in [4.78, 5) is 3.22. The lowest BCUT2D eigenvalue weighted by atomic mass is 10.4. The molecule has 0 aliphatic rings. The van der Waals surface area contributed by atoms with Crippen molar-refractivity contribution in [2.75, 3.05) is 11.1 Å². The van der Waals surface area contributed by atoms with Crippen LogP contribution in [0.4, 0.5) is 11.9 Å². The van der Waals surface area contributed by atoms with Crippen LogP contribution < -0.4 is 11.1 Å². The summed E-state index contributed by atoms with van der Waals surface area (Å²) in [5, 5.41) is 10.8. The topological polar surface area (TPSA) is 84.5 Å². The van der Waals surface area contributed by atoms with E-state index in [1.807, 2.05) is 26.1 Å². The molecule has 6 heteroatoms. The van der Waals surface area contributed by atoms with E-state index in [1.54, 1.807) is 4.57 Å². The van der Waals surface area contributed by atoms with Gasteiger partial charge in [0.25, 0.3) is 0 Å². The summed E-state index contributed by atoms with van der Waals surface area (Å²) in [6, 6.07) is 4.06. The number of nitrogen functional groups attached to an aromatic ring is 1. The molecule has 0 aliphatic carbocycles. The largest absolute Gasteiger partial charge is 0.368 e. The van der Waals surface area contributed by atoms with E-state index >= 15 is 0 Å². The van der Waals surface area contributed by atoms with E-state index in [2.05, 4.69) is 20.5 Å². The minimum Gasteiger partial charge on any atom is -0.368 e. The molecule has 0 amide bonds. The second-order valence-corrected chi connectivity index (χ2v) is 3.46. The lowest BCUT2D eigenvalue weighted by Crippen LogP contribution is -2.06. The first-order chi connectivity index (χ1) is 7.16.